The predicted molar refractivity (Wildman–Crippen MR) is 116 cm³/mol. The quantitative estimate of drug-likeness (QED) is 0.518. The summed E-state index contributed by atoms with van der Waals surface area (Å²) in [7, 11) is -2.95. The lowest BCUT2D eigenvalue weighted by Gasteiger charge is -2.18. The zero-order valence-corrected chi connectivity index (χ0v) is 18.7. The largest absolute Gasteiger partial charge is 0.416 e. The van der Waals surface area contributed by atoms with Gasteiger partial charge in [-0.05, 0) is 42.5 Å². The summed E-state index contributed by atoms with van der Waals surface area (Å²) in [6.07, 6.45) is -2.26. The van der Waals surface area contributed by atoms with Crippen molar-refractivity contribution >= 4 is 33.2 Å². The number of aromatic nitrogens is 3. The second-order valence-corrected chi connectivity index (χ2v) is 9.13. The summed E-state index contributed by atoms with van der Waals surface area (Å²) in [5, 5.41) is 8.67. The Morgan fingerprint density at radius 1 is 1.09 bits per heavy atom. The lowest BCUT2D eigenvalue weighted by atomic mass is 10.1. The van der Waals surface area contributed by atoms with E-state index in [4.69, 9.17) is 0 Å². The van der Waals surface area contributed by atoms with Gasteiger partial charge in [0.15, 0.2) is 0 Å². The molecule has 1 heterocycles. The number of hydrogen-bond acceptors (Lipinski definition) is 6. The Morgan fingerprint density at radius 3 is 2.32 bits per heavy atom. The minimum atomic E-state index is -4.66. The molecule has 3 rings (SSSR count). The van der Waals surface area contributed by atoms with Crippen molar-refractivity contribution in [3.05, 3.63) is 60.7 Å². The van der Waals surface area contributed by atoms with E-state index in [1.807, 2.05) is 0 Å². The highest BCUT2D eigenvalue weighted by Crippen LogP contribution is 2.33. The van der Waals surface area contributed by atoms with Gasteiger partial charge in [-0.1, -0.05) is 0 Å². The van der Waals surface area contributed by atoms with Crippen molar-refractivity contribution in [2.45, 2.75) is 18.0 Å². The van der Waals surface area contributed by atoms with Gasteiger partial charge in [0.2, 0.25) is 21.8 Å². The Hall–Kier alpha value is -3.78. The number of alkyl halides is 3. The average Bonchev–Trinajstić information content (AvgIpc) is 3.27. The Kier molecular flexibility index (Phi) is 7.02. The van der Waals surface area contributed by atoms with E-state index in [0.29, 0.717) is 5.69 Å². The SMILES string of the molecule is CC(=O)Nc1ccc(S(=O)(=O)N(C)CC(=O)Nc2cc(C(F)(F)F)ccc2-n2cncn2)cc1. The predicted octanol–water partition coefficient (Wildman–Crippen LogP) is 2.50. The molecule has 10 nitrogen and oxygen atoms in total. The van der Waals surface area contributed by atoms with E-state index in [-0.39, 0.29) is 22.2 Å². The zero-order valence-electron chi connectivity index (χ0n) is 17.9. The Balaban J connectivity index is 1.80. The van der Waals surface area contributed by atoms with Crippen LogP contribution in [0.2, 0.25) is 0 Å². The van der Waals surface area contributed by atoms with Crippen LogP contribution in [0.3, 0.4) is 0 Å². The molecule has 0 saturated carbocycles. The molecule has 34 heavy (non-hydrogen) atoms. The molecule has 14 heteroatoms. The highest BCUT2D eigenvalue weighted by molar-refractivity contribution is 7.89. The van der Waals surface area contributed by atoms with E-state index < -0.39 is 34.2 Å². The monoisotopic (exact) mass is 496 g/mol. The lowest BCUT2D eigenvalue weighted by molar-refractivity contribution is -0.137. The first-order chi connectivity index (χ1) is 15.9. The maximum Gasteiger partial charge on any atom is 0.416 e. The van der Waals surface area contributed by atoms with Gasteiger partial charge in [-0.3, -0.25) is 9.59 Å². The number of halogens is 3. The molecule has 2 N–H and O–H groups in total. The first-order valence-electron chi connectivity index (χ1n) is 9.58. The number of benzene rings is 2. The number of anilines is 2. The molecular weight excluding hydrogens is 477 g/mol. The fourth-order valence-electron chi connectivity index (χ4n) is 2.92. The fourth-order valence-corrected chi connectivity index (χ4v) is 4.04. The number of likely N-dealkylation sites (N-methyl/N-ethyl adjacent to an activating group) is 1. The summed E-state index contributed by atoms with van der Waals surface area (Å²) >= 11 is 0. The maximum absolute atomic E-state index is 13.2. The summed E-state index contributed by atoms with van der Waals surface area (Å²) in [4.78, 5) is 27.3. The second kappa shape index (κ2) is 9.61. The maximum atomic E-state index is 13.2. The molecule has 0 fully saturated rings. The summed E-state index contributed by atoms with van der Waals surface area (Å²) < 4.78 is 67.0. The molecule has 0 bridgehead atoms. The molecule has 3 aromatic rings. The third-order valence-electron chi connectivity index (χ3n) is 4.51. The molecule has 180 valence electrons. The Labute approximate surface area is 192 Å². The summed E-state index contributed by atoms with van der Waals surface area (Å²) in [6.45, 7) is 0.624. The van der Waals surface area contributed by atoms with Crippen LogP contribution in [0.1, 0.15) is 12.5 Å². The van der Waals surface area contributed by atoms with Gasteiger partial charge in [-0.25, -0.2) is 18.1 Å². The van der Waals surface area contributed by atoms with Gasteiger partial charge in [0, 0.05) is 19.7 Å². The van der Waals surface area contributed by atoms with Gasteiger partial charge in [0.05, 0.1) is 28.4 Å². The molecule has 0 unspecified atom stereocenters. The topological polar surface area (TPSA) is 126 Å². The summed E-state index contributed by atoms with van der Waals surface area (Å²) in [6, 6.07) is 7.95. The molecule has 2 amide bonds. The van der Waals surface area contributed by atoms with E-state index in [0.717, 1.165) is 34.2 Å². The number of rotatable bonds is 7. The summed E-state index contributed by atoms with van der Waals surface area (Å²) in [5.74, 6) is -1.20. The van der Waals surface area contributed by atoms with Crippen LogP contribution < -0.4 is 10.6 Å². The third-order valence-corrected chi connectivity index (χ3v) is 6.33. The smallest absolute Gasteiger partial charge is 0.326 e. The van der Waals surface area contributed by atoms with Gasteiger partial charge in [-0.2, -0.15) is 22.6 Å². The van der Waals surface area contributed by atoms with E-state index in [1.54, 1.807) is 0 Å². The van der Waals surface area contributed by atoms with E-state index >= 15 is 0 Å². The van der Waals surface area contributed by atoms with Crippen molar-refractivity contribution in [2.24, 2.45) is 0 Å². The Morgan fingerprint density at radius 2 is 1.76 bits per heavy atom. The fraction of sp³-hybridized carbons (Fsp3) is 0.200. The van der Waals surface area contributed by atoms with Gasteiger partial charge in [-0.15, -0.1) is 0 Å². The number of carbonyl (C=O) groups is 2. The molecule has 0 saturated heterocycles. The third kappa shape index (κ3) is 5.77. The molecule has 0 aliphatic heterocycles. The number of nitrogens with zero attached hydrogens (tertiary/aromatic N) is 4. The standard InChI is InChI=1S/C20H19F3N6O4S/c1-13(30)26-15-4-6-16(7-5-15)34(32,33)28(2)10-19(31)27-17-9-14(20(21,22)23)3-8-18(17)29-12-24-11-25-29/h3-9,11-12H,10H2,1-2H3,(H,26,30)(H,27,31). The normalized spacial score (nSPS) is 11.9. The Bertz CT molecular complexity index is 1290. The van der Waals surface area contributed by atoms with E-state index in [9.17, 15) is 31.2 Å². The van der Waals surface area contributed by atoms with Gasteiger partial charge < -0.3 is 10.6 Å². The number of sulfonamides is 1. The minimum absolute atomic E-state index is 0.109. The molecule has 0 aliphatic rings. The minimum Gasteiger partial charge on any atom is -0.326 e. The number of carbonyl (C=O) groups excluding carboxylic acids is 2. The molecular formula is C20H19F3N6O4S. The molecule has 0 atom stereocenters. The van der Waals surface area contributed by atoms with Crippen LogP contribution in [0, 0.1) is 0 Å². The van der Waals surface area contributed by atoms with Crippen LogP contribution in [-0.4, -0.2) is 52.9 Å². The van der Waals surface area contributed by atoms with Crippen LogP contribution in [0.25, 0.3) is 5.69 Å². The molecule has 2 aromatic carbocycles. The van der Waals surface area contributed by atoms with Crippen LogP contribution >= 0.6 is 0 Å². The van der Waals surface area contributed by atoms with Crippen LogP contribution in [0.15, 0.2) is 60.0 Å². The highest BCUT2D eigenvalue weighted by atomic mass is 32.2. The lowest BCUT2D eigenvalue weighted by Crippen LogP contribution is -2.35. The van der Waals surface area contributed by atoms with E-state index in [2.05, 4.69) is 20.7 Å². The number of amides is 2. The number of nitrogens with one attached hydrogen (secondary N) is 2. The van der Waals surface area contributed by atoms with Crippen molar-refractivity contribution in [1.29, 1.82) is 0 Å². The molecule has 0 radical (unpaired) electrons. The number of hydrogen-bond donors (Lipinski definition) is 2. The van der Waals surface area contributed by atoms with Gasteiger partial charge in [0.25, 0.3) is 0 Å². The van der Waals surface area contributed by atoms with Crippen LogP contribution in [-0.2, 0) is 25.8 Å². The van der Waals surface area contributed by atoms with Gasteiger partial charge >= 0.3 is 6.18 Å². The van der Waals surface area contributed by atoms with Crippen molar-refractivity contribution in [2.75, 3.05) is 24.2 Å². The van der Waals surface area contributed by atoms with Crippen molar-refractivity contribution in [3.63, 3.8) is 0 Å². The van der Waals surface area contributed by atoms with Gasteiger partial charge in [0.1, 0.15) is 12.7 Å². The highest BCUT2D eigenvalue weighted by Gasteiger charge is 2.32. The molecule has 0 aliphatic carbocycles. The summed E-state index contributed by atoms with van der Waals surface area (Å²) in [5.41, 5.74) is -0.738. The average molecular weight is 496 g/mol. The van der Waals surface area contributed by atoms with Crippen molar-refractivity contribution < 1.29 is 31.2 Å². The van der Waals surface area contributed by atoms with Crippen molar-refractivity contribution in [1.82, 2.24) is 19.1 Å². The van der Waals surface area contributed by atoms with Crippen LogP contribution in [0.4, 0.5) is 24.5 Å². The van der Waals surface area contributed by atoms with E-state index in [1.165, 1.54) is 43.8 Å². The molecule has 1 aromatic heterocycles. The zero-order chi connectivity index (χ0) is 25.1. The molecule has 0 spiro atoms. The first-order valence-corrected chi connectivity index (χ1v) is 11.0. The second-order valence-electron chi connectivity index (χ2n) is 7.08. The van der Waals surface area contributed by atoms with Crippen molar-refractivity contribution in [3.8, 4) is 5.69 Å². The van der Waals surface area contributed by atoms with Crippen LogP contribution in [0.5, 0.6) is 0 Å². The first kappa shape index (κ1) is 24.9.